The number of thiol groups is 1. The average Bonchev–Trinajstić information content (AvgIpc) is 2.68. The van der Waals surface area contributed by atoms with Crippen molar-refractivity contribution in [3.8, 4) is 0 Å². The molecule has 0 fully saturated rings. The van der Waals surface area contributed by atoms with Gasteiger partial charge >= 0.3 is 11.9 Å². The maximum absolute atomic E-state index is 12.5. The second kappa shape index (κ2) is 14.6. The molecule has 31 heavy (non-hydrogen) atoms. The van der Waals surface area contributed by atoms with Gasteiger partial charge in [-0.05, 0) is 26.3 Å². The number of amides is 3. The minimum atomic E-state index is -1.77. The molecule has 0 aromatic rings. The van der Waals surface area contributed by atoms with Gasteiger partial charge in [0.1, 0.15) is 18.1 Å². The van der Waals surface area contributed by atoms with Gasteiger partial charge in [-0.1, -0.05) is 6.42 Å². The Morgan fingerprint density at radius 2 is 1.52 bits per heavy atom. The summed E-state index contributed by atoms with van der Waals surface area (Å²) >= 11 is 3.99. The third-order valence-electron chi connectivity index (χ3n) is 4.18. The molecule has 0 aromatic heterocycles. The lowest BCUT2D eigenvalue weighted by Crippen LogP contribution is -2.60. The van der Waals surface area contributed by atoms with Crippen LogP contribution < -0.4 is 27.4 Å². The molecular weight excluding hydrogens is 434 g/mol. The van der Waals surface area contributed by atoms with Crippen LogP contribution in [0.4, 0.5) is 0 Å². The molecule has 5 unspecified atom stereocenters. The fraction of sp³-hybridized carbons (Fsp3) is 0.706. The molecule has 0 aromatic carbocycles. The first-order chi connectivity index (χ1) is 14.4. The van der Waals surface area contributed by atoms with Crippen molar-refractivity contribution in [3.05, 3.63) is 0 Å². The molecule has 10 N–H and O–H groups in total. The molecule has 0 rings (SSSR count). The summed E-state index contributed by atoms with van der Waals surface area (Å²) in [5.41, 5.74) is 11.1. The molecule has 13 nitrogen and oxygen atoms in total. The van der Waals surface area contributed by atoms with Crippen molar-refractivity contribution in [2.24, 2.45) is 11.5 Å². The number of hydrogen-bond acceptors (Lipinski definition) is 9. The van der Waals surface area contributed by atoms with Crippen molar-refractivity contribution in [2.45, 2.75) is 62.9 Å². The van der Waals surface area contributed by atoms with Crippen molar-refractivity contribution in [1.29, 1.82) is 0 Å². The van der Waals surface area contributed by atoms with E-state index in [4.69, 9.17) is 21.7 Å². The number of hydrogen-bond donors (Lipinski definition) is 9. The summed E-state index contributed by atoms with van der Waals surface area (Å²) < 4.78 is 0. The number of aliphatic hydroxyl groups is 1. The van der Waals surface area contributed by atoms with E-state index in [9.17, 15) is 29.1 Å². The lowest BCUT2D eigenvalue weighted by molar-refractivity contribution is -0.147. The van der Waals surface area contributed by atoms with Gasteiger partial charge in [0.25, 0.3) is 0 Å². The van der Waals surface area contributed by atoms with Crippen LogP contribution in [-0.4, -0.2) is 87.5 Å². The number of carboxylic acid groups (broad SMARTS) is 2. The number of nitrogens with one attached hydrogen (secondary N) is 3. The van der Waals surface area contributed by atoms with Crippen LogP contribution in [0, 0.1) is 0 Å². The summed E-state index contributed by atoms with van der Waals surface area (Å²) in [6.45, 7) is 1.62. The van der Waals surface area contributed by atoms with E-state index < -0.39 is 66.4 Å². The number of nitrogens with two attached hydrogens (primary N) is 2. The van der Waals surface area contributed by atoms with Gasteiger partial charge in [-0.3, -0.25) is 19.2 Å². The highest BCUT2D eigenvalue weighted by atomic mass is 32.1. The molecule has 0 aliphatic rings. The fourth-order valence-corrected chi connectivity index (χ4v) is 2.66. The van der Waals surface area contributed by atoms with Gasteiger partial charge < -0.3 is 42.7 Å². The largest absolute Gasteiger partial charge is 0.481 e. The zero-order valence-corrected chi connectivity index (χ0v) is 18.0. The molecule has 0 aliphatic heterocycles. The zero-order chi connectivity index (χ0) is 24.1. The maximum Gasteiger partial charge on any atom is 0.326 e. The van der Waals surface area contributed by atoms with Crippen LogP contribution in [0.3, 0.4) is 0 Å². The molecule has 0 bridgehead atoms. The zero-order valence-electron chi connectivity index (χ0n) is 17.1. The SMILES string of the molecule is CC(O)C(NC(=O)C(CS)NC(=O)C(N)CCCCN)C(=O)NC(CC(=O)O)C(=O)O. The van der Waals surface area contributed by atoms with Crippen molar-refractivity contribution < 1.29 is 39.3 Å². The standard InChI is InChI=1S/C17H31N5O8S/c1-8(23)13(16(28)20-10(17(29)30)6-12(24)25)22-15(27)11(7-31)21-14(26)9(19)4-2-3-5-18/h8-11,13,23,31H,2-7,18-19H2,1H3,(H,20,28)(H,21,26)(H,22,27)(H,24,25)(H,29,30). The minimum absolute atomic E-state index is 0.155. The van der Waals surface area contributed by atoms with Crippen LogP contribution in [0.5, 0.6) is 0 Å². The Kier molecular flexibility index (Phi) is 13.4. The quantitative estimate of drug-likeness (QED) is 0.0865. The van der Waals surface area contributed by atoms with Crippen LogP contribution in [0.25, 0.3) is 0 Å². The molecule has 3 amide bonds. The highest BCUT2D eigenvalue weighted by Crippen LogP contribution is 2.02. The third kappa shape index (κ3) is 11.0. The van der Waals surface area contributed by atoms with E-state index >= 15 is 0 Å². The predicted molar refractivity (Wildman–Crippen MR) is 112 cm³/mol. The van der Waals surface area contributed by atoms with Gasteiger partial charge in [0.05, 0.1) is 18.6 Å². The van der Waals surface area contributed by atoms with Crippen LogP contribution in [0.2, 0.25) is 0 Å². The summed E-state index contributed by atoms with van der Waals surface area (Å²) in [4.78, 5) is 58.8. The Morgan fingerprint density at radius 3 is 1.97 bits per heavy atom. The number of rotatable bonds is 15. The molecule has 0 saturated heterocycles. The lowest BCUT2D eigenvalue weighted by atomic mass is 10.1. The molecule has 0 radical (unpaired) electrons. The van der Waals surface area contributed by atoms with Crippen LogP contribution >= 0.6 is 12.6 Å². The third-order valence-corrected chi connectivity index (χ3v) is 4.54. The topological polar surface area (TPSA) is 234 Å². The van der Waals surface area contributed by atoms with Crippen molar-refractivity contribution in [3.63, 3.8) is 0 Å². The molecule has 0 aliphatic carbocycles. The van der Waals surface area contributed by atoms with Crippen LogP contribution in [0.1, 0.15) is 32.6 Å². The Labute approximate surface area is 184 Å². The predicted octanol–water partition coefficient (Wildman–Crippen LogP) is -3.23. The first-order valence-corrected chi connectivity index (χ1v) is 10.2. The number of aliphatic hydroxyl groups excluding tert-OH is 1. The van der Waals surface area contributed by atoms with Gasteiger partial charge in [-0.15, -0.1) is 0 Å². The van der Waals surface area contributed by atoms with Crippen molar-refractivity contribution >= 4 is 42.3 Å². The van der Waals surface area contributed by atoms with Gasteiger partial charge in [-0.2, -0.15) is 12.6 Å². The van der Waals surface area contributed by atoms with E-state index in [2.05, 4.69) is 23.3 Å². The molecule has 0 heterocycles. The number of unbranched alkanes of at least 4 members (excludes halogenated alkanes) is 1. The van der Waals surface area contributed by atoms with E-state index in [0.29, 0.717) is 25.8 Å². The smallest absolute Gasteiger partial charge is 0.326 e. The number of carboxylic acids is 2. The van der Waals surface area contributed by atoms with Crippen LogP contribution in [0.15, 0.2) is 0 Å². The molecule has 0 saturated carbocycles. The molecule has 0 spiro atoms. The van der Waals surface area contributed by atoms with E-state index in [1.165, 1.54) is 6.92 Å². The van der Waals surface area contributed by atoms with Crippen LogP contribution in [-0.2, 0) is 24.0 Å². The summed E-state index contributed by atoms with van der Waals surface area (Å²) in [5, 5.41) is 34.1. The van der Waals surface area contributed by atoms with Crippen molar-refractivity contribution in [2.75, 3.05) is 12.3 Å². The minimum Gasteiger partial charge on any atom is -0.481 e. The Morgan fingerprint density at radius 1 is 0.935 bits per heavy atom. The first-order valence-electron chi connectivity index (χ1n) is 9.54. The number of aliphatic carboxylic acids is 2. The highest BCUT2D eigenvalue weighted by Gasteiger charge is 2.33. The lowest BCUT2D eigenvalue weighted by Gasteiger charge is -2.25. The highest BCUT2D eigenvalue weighted by molar-refractivity contribution is 7.80. The van der Waals surface area contributed by atoms with E-state index in [0.717, 1.165) is 0 Å². The molecule has 14 heteroatoms. The second-order valence-electron chi connectivity index (χ2n) is 6.86. The first kappa shape index (κ1) is 28.6. The average molecular weight is 466 g/mol. The van der Waals surface area contributed by atoms with E-state index in [1.54, 1.807) is 0 Å². The maximum atomic E-state index is 12.5. The summed E-state index contributed by atoms with van der Waals surface area (Å²) in [7, 11) is 0. The second-order valence-corrected chi connectivity index (χ2v) is 7.22. The van der Waals surface area contributed by atoms with Crippen molar-refractivity contribution in [1.82, 2.24) is 16.0 Å². The summed E-state index contributed by atoms with van der Waals surface area (Å²) in [6, 6.07) is -5.46. The molecular formula is C17H31N5O8S. The molecule has 178 valence electrons. The fourth-order valence-electron chi connectivity index (χ4n) is 2.41. The Bertz CT molecular complexity index is 648. The molecule has 5 atom stereocenters. The Hall–Kier alpha value is -2.42. The summed E-state index contributed by atoms with van der Waals surface area (Å²) in [5.74, 6) is -5.82. The summed E-state index contributed by atoms with van der Waals surface area (Å²) in [6.07, 6.45) is -0.712. The number of carbonyl (C=O) groups excluding carboxylic acids is 3. The van der Waals surface area contributed by atoms with Gasteiger partial charge in [0.2, 0.25) is 17.7 Å². The van der Waals surface area contributed by atoms with Gasteiger partial charge in [0.15, 0.2) is 0 Å². The normalized spacial score (nSPS) is 15.6. The van der Waals surface area contributed by atoms with E-state index in [1.807, 2.05) is 5.32 Å². The monoisotopic (exact) mass is 465 g/mol. The number of carbonyl (C=O) groups is 5. The Balaban J connectivity index is 5.10. The van der Waals surface area contributed by atoms with Gasteiger partial charge in [-0.25, -0.2) is 4.79 Å². The van der Waals surface area contributed by atoms with Gasteiger partial charge in [0, 0.05) is 5.75 Å². The van der Waals surface area contributed by atoms with E-state index in [-0.39, 0.29) is 5.75 Å².